The molecule has 4 nitrogen and oxygen atoms in total. The Labute approximate surface area is 206 Å². The SMILES string of the molecule is CC(=O)O[C@@H]1CC[C@]2(C)[C@@H]3CC[C@]4(C)[C@@H]([C@H](C)/C=C/[C@H](C)C(C)C)CC[C@H]4[C@@]34C=C[C@]2(C1)OO4. The van der Waals surface area contributed by atoms with Crippen LogP contribution in [0.3, 0.4) is 0 Å². The summed E-state index contributed by atoms with van der Waals surface area (Å²) in [5.74, 6) is 3.30. The van der Waals surface area contributed by atoms with Crippen LogP contribution in [0.4, 0.5) is 0 Å². The first-order chi connectivity index (χ1) is 16.0. The van der Waals surface area contributed by atoms with E-state index in [0.717, 1.165) is 12.8 Å². The number of allylic oxidation sites excluding steroid dienone is 2. The maximum absolute atomic E-state index is 11.6. The van der Waals surface area contributed by atoms with E-state index in [2.05, 4.69) is 65.8 Å². The zero-order chi connectivity index (χ0) is 24.5. The summed E-state index contributed by atoms with van der Waals surface area (Å²) in [6, 6.07) is 0. The van der Waals surface area contributed by atoms with Crippen molar-refractivity contribution in [2.24, 2.45) is 46.3 Å². The molecule has 6 rings (SSSR count). The first-order valence-electron chi connectivity index (χ1n) is 13.9. The van der Waals surface area contributed by atoms with Gasteiger partial charge in [0.15, 0.2) is 0 Å². The summed E-state index contributed by atoms with van der Waals surface area (Å²) < 4.78 is 5.63. The number of ether oxygens (including phenoxy) is 1. The summed E-state index contributed by atoms with van der Waals surface area (Å²) in [4.78, 5) is 24.6. The molecule has 0 N–H and O–H groups in total. The maximum atomic E-state index is 11.6. The fourth-order valence-corrected chi connectivity index (χ4v) is 9.03. The number of rotatable bonds is 5. The average molecular weight is 471 g/mol. The van der Waals surface area contributed by atoms with Gasteiger partial charge in [-0.05, 0) is 73.7 Å². The molecular formula is C30H46O4. The molecule has 10 atom stereocenters. The van der Waals surface area contributed by atoms with Crippen molar-refractivity contribution in [2.45, 2.75) is 111 Å². The van der Waals surface area contributed by atoms with E-state index < -0.39 is 5.60 Å². The van der Waals surface area contributed by atoms with Crippen LogP contribution in [-0.4, -0.2) is 23.3 Å². The van der Waals surface area contributed by atoms with E-state index in [0.29, 0.717) is 41.9 Å². The van der Waals surface area contributed by atoms with Crippen LogP contribution in [0.2, 0.25) is 0 Å². The highest BCUT2D eigenvalue weighted by Crippen LogP contribution is 2.72. The highest BCUT2D eigenvalue weighted by molar-refractivity contribution is 5.66. The molecular weight excluding hydrogens is 424 g/mol. The normalized spacial score (nSPS) is 48.9. The molecule has 4 fully saturated rings. The summed E-state index contributed by atoms with van der Waals surface area (Å²) in [6.45, 7) is 15.9. The van der Waals surface area contributed by atoms with Gasteiger partial charge < -0.3 is 4.74 Å². The van der Waals surface area contributed by atoms with Gasteiger partial charge in [-0.2, -0.15) is 0 Å². The third kappa shape index (κ3) is 3.34. The second-order valence-electron chi connectivity index (χ2n) is 13.3. The maximum Gasteiger partial charge on any atom is 0.302 e. The van der Waals surface area contributed by atoms with Gasteiger partial charge in [0.05, 0.1) is 0 Å². The molecule has 2 spiro atoms. The zero-order valence-corrected chi connectivity index (χ0v) is 22.4. The molecule has 0 amide bonds. The Kier molecular flexibility index (Phi) is 5.92. The summed E-state index contributed by atoms with van der Waals surface area (Å²) in [6.07, 6.45) is 17.1. The summed E-state index contributed by atoms with van der Waals surface area (Å²) in [5.41, 5.74) is -0.514. The van der Waals surface area contributed by atoms with Gasteiger partial charge in [0.1, 0.15) is 17.3 Å². The molecule has 0 aromatic heterocycles. The van der Waals surface area contributed by atoms with Crippen LogP contribution in [0.25, 0.3) is 0 Å². The van der Waals surface area contributed by atoms with Crippen LogP contribution in [0.5, 0.6) is 0 Å². The lowest BCUT2D eigenvalue weighted by Gasteiger charge is -2.69. The predicted molar refractivity (Wildman–Crippen MR) is 134 cm³/mol. The van der Waals surface area contributed by atoms with Crippen LogP contribution in [-0.2, 0) is 19.3 Å². The van der Waals surface area contributed by atoms with Crippen molar-refractivity contribution < 1.29 is 19.3 Å². The standard InChI is InChI=1S/C30H46O4/c1-19(2)20(3)8-9-21(4)24-10-11-25-27(24,6)14-13-26-28(7)15-12-23(32-22(5)31)18-29(28)16-17-30(25,26)34-33-29/h8-9,16-17,19-21,23-26H,10-15,18H2,1-7H3/b9-8+/t20-,21+,23+,24+,25+,26-,27+,28+,29+,30-/m0/s1. The Hall–Kier alpha value is -1.13. The molecule has 0 radical (unpaired) electrons. The molecule has 3 saturated carbocycles. The third-order valence-corrected chi connectivity index (χ3v) is 11.4. The van der Waals surface area contributed by atoms with Gasteiger partial charge in [0.25, 0.3) is 0 Å². The molecule has 0 aromatic rings. The Morgan fingerprint density at radius 3 is 2.38 bits per heavy atom. The molecule has 0 aromatic carbocycles. The fourth-order valence-electron chi connectivity index (χ4n) is 9.03. The lowest BCUT2D eigenvalue weighted by atomic mass is 9.42. The van der Waals surface area contributed by atoms with Gasteiger partial charge in [-0.25, -0.2) is 9.78 Å². The van der Waals surface area contributed by atoms with Crippen molar-refractivity contribution in [2.75, 3.05) is 0 Å². The van der Waals surface area contributed by atoms with E-state index in [1.807, 2.05) is 0 Å². The molecule has 2 bridgehead atoms. The second kappa shape index (κ2) is 8.20. The summed E-state index contributed by atoms with van der Waals surface area (Å²) in [5, 5.41) is 0. The van der Waals surface area contributed by atoms with Crippen LogP contribution in [0, 0.1) is 46.3 Å². The van der Waals surface area contributed by atoms with E-state index in [1.165, 1.54) is 32.6 Å². The monoisotopic (exact) mass is 470 g/mol. The van der Waals surface area contributed by atoms with Crippen molar-refractivity contribution >= 4 is 5.97 Å². The van der Waals surface area contributed by atoms with Crippen LogP contribution in [0.15, 0.2) is 24.3 Å². The van der Waals surface area contributed by atoms with Crippen molar-refractivity contribution in [3.8, 4) is 0 Å². The van der Waals surface area contributed by atoms with Gasteiger partial charge in [-0.1, -0.05) is 59.8 Å². The van der Waals surface area contributed by atoms with Crippen molar-refractivity contribution in [1.82, 2.24) is 0 Å². The highest BCUT2D eigenvalue weighted by Gasteiger charge is 2.74. The molecule has 2 heterocycles. The molecule has 34 heavy (non-hydrogen) atoms. The number of hydrogen-bond acceptors (Lipinski definition) is 4. The lowest BCUT2D eigenvalue weighted by molar-refractivity contribution is -0.497. The lowest BCUT2D eigenvalue weighted by Crippen LogP contribution is -2.73. The molecule has 4 heteroatoms. The van der Waals surface area contributed by atoms with Crippen molar-refractivity contribution in [1.29, 1.82) is 0 Å². The Morgan fingerprint density at radius 1 is 0.971 bits per heavy atom. The highest BCUT2D eigenvalue weighted by atomic mass is 17.2. The number of carbonyl (C=O) groups excluding carboxylic acids is 1. The number of fused-ring (bicyclic) bond motifs is 2. The molecule has 0 unspecified atom stereocenters. The van der Waals surface area contributed by atoms with Crippen molar-refractivity contribution in [3.05, 3.63) is 24.3 Å². The topological polar surface area (TPSA) is 44.8 Å². The second-order valence-corrected chi connectivity index (χ2v) is 13.3. The van der Waals surface area contributed by atoms with Crippen LogP contribution >= 0.6 is 0 Å². The largest absolute Gasteiger partial charge is 0.462 e. The molecule has 6 aliphatic rings. The average Bonchev–Trinajstić information content (AvgIpc) is 3.14. The van der Waals surface area contributed by atoms with Gasteiger partial charge in [-0.3, -0.25) is 4.79 Å². The van der Waals surface area contributed by atoms with E-state index in [1.54, 1.807) is 0 Å². The van der Waals surface area contributed by atoms with E-state index in [9.17, 15) is 4.79 Å². The predicted octanol–water partition coefficient (Wildman–Crippen LogP) is 7.04. The minimum Gasteiger partial charge on any atom is -0.462 e. The third-order valence-electron chi connectivity index (χ3n) is 11.4. The molecule has 4 aliphatic carbocycles. The molecule has 1 saturated heterocycles. The van der Waals surface area contributed by atoms with Gasteiger partial charge in [0, 0.05) is 30.6 Å². The Bertz CT molecular complexity index is 877. The Morgan fingerprint density at radius 2 is 1.74 bits per heavy atom. The zero-order valence-electron chi connectivity index (χ0n) is 22.4. The minimum atomic E-state index is -0.480. The van der Waals surface area contributed by atoms with Gasteiger partial charge in [0.2, 0.25) is 0 Å². The minimum absolute atomic E-state index is 0.0221. The van der Waals surface area contributed by atoms with Crippen LogP contribution in [0.1, 0.15) is 93.4 Å². The quantitative estimate of drug-likeness (QED) is 0.245. The first kappa shape index (κ1) is 24.6. The van der Waals surface area contributed by atoms with Crippen LogP contribution < -0.4 is 0 Å². The van der Waals surface area contributed by atoms with Crippen molar-refractivity contribution in [3.63, 3.8) is 0 Å². The smallest absolute Gasteiger partial charge is 0.302 e. The number of esters is 1. The van der Waals surface area contributed by atoms with E-state index >= 15 is 0 Å². The number of carbonyl (C=O) groups is 1. The molecule has 2 aliphatic heterocycles. The van der Waals surface area contributed by atoms with Gasteiger partial charge in [-0.15, -0.1) is 0 Å². The van der Waals surface area contributed by atoms with Gasteiger partial charge >= 0.3 is 5.97 Å². The first-order valence-corrected chi connectivity index (χ1v) is 13.9. The summed E-state index contributed by atoms with van der Waals surface area (Å²) >= 11 is 0. The fraction of sp³-hybridized carbons (Fsp3) is 0.833. The summed E-state index contributed by atoms with van der Waals surface area (Å²) in [7, 11) is 0. The van der Waals surface area contributed by atoms with E-state index in [4.69, 9.17) is 14.5 Å². The number of hydrogen-bond donors (Lipinski definition) is 0. The molecule has 190 valence electrons. The van der Waals surface area contributed by atoms with E-state index in [-0.39, 0.29) is 28.5 Å². The Balaban J connectivity index is 1.42.